The van der Waals surface area contributed by atoms with Gasteiger partial charge in [0.15, 0.2) is 5.82 Å². The number of aromatic nitrogens is 2. The highest BCUT2D eigenvalue weighted by Crippen LogP contribution is 2.33. The molecule has 1 aliphatic rings. The van der Waals surface area contributed by atoms with Crippen molar-refractivity contribution in [3.63, 3.8) is 0 Å². The Bertz CT molecular complexity index is 566. The second-order valence-corrected chi connectivity index (χ2v) is 5.86. The van der Waals surface area contributed by atoms with E-state index in [1.807, 2.05) is 24.3 Å². The van der Waals surface area contributed by atoms with Crippen LogP contribution in [-0.4, -0.2) is 10.1 Å². The molecule has 2 N–H and O–H groups in total. The summed E-state index contributed by atoms with van der Waals surface area (Å²) in [5.41, 5.74) is 8.26. The molecule has 0 spiro atoms. The van der Waals surface area contributed by atoms with E-state index in [0.717, 1.165) is 31.2 Å². The third-order valence-electron chi connectivity index (χ3n) is 4.17. The number of aryl methyl sites for hydroxylation is 1. The summed E-state index contributed by atoms with van der Waals surface area (Å²) >= 11 is 0. The van der Waals surface area contributed by atoms with E-state index in [4.69, 9.17) is 10.3 Å². The summed E-state index contributed by atoms with van der Waals surface area (Å²) in [6.45, 7) is 2.06. The molecule has 0 atom stereocenters. The van der Waals surface area contributed by atoms with Crippen molar-refractivity contribution in [3.05, 3.63) is 35.7 Å². The van der Waals surface area contributed by atoms with Gasteiger partial charge in [0.1, 0.15) is 0 Å². The predicted octanol–water partition coefficient (Wildman–Crippen LogP) is 3.55. The van der Waals surface area contributed by atoms with Gasteiger partial charge in [0.05, 0.1) is 5.54 Å². The van der Waals surface area contributed by atoms with Crippen LogP contribution >= 0.6 is 0 Å². The lowest BCUT2D eigenvalue weighted by molar-refractivity contribution is 0.334. The molecule has 0 bridgehead atoms. The Morgan fingerprint density at radius 2 is 1.70 bits per heavy atom. The van der Waals surface area contributed by atoms with Gasteiger partial charge in [0.2, 0.25) is 0 Å². The van der Waals surface area contributed by atoms with Gasteiger partial charge >= 0.3 is 0 Å². The monoisotopic (exact) mass is 271 g/mol. The molecule has 0 aliphatic heterocycles. The van der Waals surface area contributed by atoms with Crippen LogP contribution in [0.15, 0.2) is 28.8 Å². The fourth-order valence-corrected chi connectivity index (χ4v) is 2.82. The molecule has 1 heterocycles. The third kappa shape index (κ3) is 2.61. The summed E-state index contributed by atoms with van der Waals surface area (Å²) in [6, 6.07) is 8.10. The van der Waals surface area contributed by atoms with E-state index in [1.165, 1.54) is 18.4 Å². The molecule has 2 aromatic rings. The summed E-state index contributed by atoms with van der Waals surface area (Å²) < 4.78 is 5.41. The number of nitrogens with two attached hydrogens (primary N) is 1. The van der Waals surface area contributed by atoms with Gasteiger partial charge in [0, 0.05) is 5.56 Å². The lowest BCUT2D eigenvalue weighted by Crippen LogP contribution is -2.37. The molecular formula is C16H21N3O. The van der Waals surface area contributed by atoms with Gasteiger partial charge in [-0.3, -0.25) is 0 Å². The van der Waals surface area contributed by atoms with Crippen LogP contribution in [0.5, 0.6) is 0 Å². The molecule has 4 nitrogen and oxygen atoms in total. The minimum Gasteiger partial charge on any atom is -0.334 e. The van der Waals surface area contributed by atoms with Crippen molar-refractivity contribution < 1.29 is 4.52 Å². The zero-order valence-corrected chi connectivity index (χ0v) is 11.9. The quantitative estimate of drug-likeness (QED) is 0.848. The minimum absolute atomic E-state index is 0.414. The van der Waals surface area contributed by atoms with Gasteiger partial charge in [-0.15, -0.1) is 0 Å². The van der Waals surface area contributed by atoms with Crippen LogP contribution in [0.3, 0.4) is 0 Å². The molecule has 3 rings (SSSR count). The standard InChI is InChI=1S/C16H21N3O/c1-12-6-8-13(9-7-12)14-18-15(19-20-14)16(17)10-4-2-3-5-11-16/h6-9H,2-5,10-11,17H2,1H3. The van der Waals surface area contributed by atoms with Gasteiger partial charge < -0.3 is 10.3 Å². The van der Waals surface area contributed by atoms with E-state index in [-0.39, 0.29) is 0 Å². The molecule has 4 heteroatoms. The first-order chi connectivity index (χ1) is 9.67. The van der Waals surface area contributed by atoms with E-state index in [2.05, 4.69) is 17.1 Å². The summed E-state index contributed by atoms with van der Waals surface area (Å²) in [5.74, 6) is 1.23. The van der Waals surface area contributed by atoms with Crippen molar-refractivity contribution >= 4 is 0 Å². The van der Waals surface area contributed by atoms with E-state index in [1.54, 1.807) is 0 Å². The Balaban J connectivity index is 1.87. The SMILES string of the molecule is Cc1ccc(-c2nc(C3(N)CCCCCC3)no2)cc1. The molecule has 0 radical (unpaired) electrons. The van der Waals surface area contributed by atoms with Crippen molar-refractivity contribution in [2.75, 3.05) is 0 Å². The summed E-state index contributed by atoms with van der Waals surface area (Å²) in [7, 11) is 0. The maximum Gasteiger partial charge on any atom is 0.257 e. The summed E-state index contributed by atoms with van der Waals surface area (Å²) in [6.07, 6.45) is 6.68. The smallest absolute Gasteiger partial charge is 0.257 e. The predicted molar refractivity (Wildman–Crippen MR) is 78.0 cm³/mol. The molecule has 0 unspecified atom stereocenters. The van der Waals surface area contributed by atoms with Crippen LogP contribution in [0, 0.1) is 6.92 Å². The van der Waals surface area contributed by atoms with Gasteiger partial charge in [-0.2, -0.15) is 4.98 Å². The average Bonchev–Trinajstić information content (AvgIpc) is 2.84. The maximum absolute atomic E-state index is 6.51. The average molecular weight is 271 g/mol. The van der Waals surface area contributed by atoms with E-state index in [0.29, 0.717) is 11.7 Å². The zero-order valence-electron chi connectivity index (χ0n) is 11.9. The lowest BCUT2D eigenvalue weighted by Gasteiger charge is -2.23. The van der Waals surface area contributed by atoms with Gasteiger partial charge in [-0.1, -0.05) is 48.5 Å². The summed E-state index contributed by atoms with van der Waals surface area (Å²) in [4.78, 5) is 4.54. The van der Waals surface area contributed by atoms with E-state index in [9.17, 15) is 0 Å². The van der Waals surface area contributed by atoms with Crippen molar-refractivity contribution in [1.82, 2.24) is 10.1 Å². The normalized spacial score (nSPS) is 18.7. The highest BCUT2D eigenvalue weighted by molar-refractivity contribution is 5.53. The molecule has 1 aliphatic carbocycles. The summed E-state index contributed by atoms with van der Waals surface area (Å²) in [5, 5.41) is 4.14. The first kappa shape index (κ1) is 13.3. The first-order valence-corrected chi connectivity index (χ1v) is 7.37. The highest BCUT2D eigenvalue weighted by atomic mass is 16.5. The van der Waals surface area contributed by atoms with Crippen LogP contribution in [0.2, 0.25) is 0 Å². The number of rotatable bonds is 2. The van der Waals surface area contributed by atoms with Crippen LogP contribution in [0.25, 0.3) is 11.5 Å². The lowest BCUT2D eigenvalue weighted by atomic mass is 9.91. The van der Waals surface area contributed by atoms with Crippen molar-refractivity contribution in [3.8, 4) is 11.5 Å². The molecule has 20 heavy (non-hydrogen) atoms. The largest absolute Gasteiger partial charge is 0.334 e. The maximum atomic E-state index is 6.51. The Hall–Kier alpha value is -1.68. The van der Waals surface area contributed by atoms with Gasteiger partial charge in [0.25, 0.3) is 5.89 Å². The number of nitrogens with zero attached hydrogens (tertiary/aromatic N) is 2. The van der Waals surface area contributed by atoms with Crippen molar-refractivity contribution in [1.29, 1.82) is 0 Å². The Morgan fingerprint density at radius 1 is 1.05 bits per heavy atom. The first-order valence-electron chi connectivity index (χ1n) is 7.37. The van der Waals surface area contributed by atoms with Crippen molar-refractivity contribution in [2.45, 2.75) is 51.0 Å². The molecule has 0 amide bonds. The number of hydrogen-bond acceptors (Lipinski definition) is 4. The van der Waals surface area contributed by atoms with E-state index >= 15 is 0 Å². The minimum atomic E-state index is -0.414. The second kappa shape index (κ2) is 5.37. The molecule has 106 valence electrons. The van der Waals surface area contributed by atoms with Gasteiger partial charge in [-0.05, 0) is 31.9 Å². The topological polar surface area (TPSA) is 64.9 Å². The van der Waals surface area contributed by atoms with Crippen LogP contribution in [-0.2, 0) is 5.54 Å². The zero-order chi connectivity index (χ0) is 14.0. The molecular weight excluding hydrogens is 250 g/mol. The molecule has 1 fully saturated rings. The second-order valence-electron chi connectivity index (χ2n) is 5.86. The van der Waals surface area contributed by atoms with Crippen molar-refractivity contribution in [2.24, 2.45) is 5.73 Å². The Morgan fingerprint density at radius 3 is 2.35 bits per heavy atom. The molecule has 0 saturated heterocycles. The van der Waals surface area contributed by atoms with Gasteiger partial charge in [-0.25, -0.2) is 0 Å². The number of hydrogen-bond donors (Lipinski definition) is 1. The van der Waals surface area contributed by atoms with Crippen LogP contribution in [0.4, 0.5) is 0 Å². The molecule has 1 aromatic carbocycles. The third-order valence-corrected chi connectivity index (χ3v) is 4.17. The Labute approximate surface area is 119 Å². The van der Waals surface area contributed by atoms with Crippen LogP contribution < -0.4 is 5.73 Å². The molecule has 1 aromatic heterocycles. The fourth-order valence-electron chi connectivity index (χ4n) is 2.82. The Kier molecular flexibility index (Phi) is 3.57. The van der Waals surface area contributed by atoms with Crippen LogP contribution in [0.1, 0.15) is 49.9 Å². The molecule has 1 saturated carbocycles. The van der Waals surface area contributed by atoms with E-state index < -0.39 is 5.54 Å². The fraction of sp³-hybridized carbons (Fsp3) is 0.500. The number of benzene rings is 1. The highest BCUT2D eigenvalue weighted by Gasteiger charge is 2.33.